The van der Waals surface area contributed by atoms with E-state index in [4.69, 9.17) is 17.3 Å². The first-order chi connectivity index (χ1) is 9.49. The minimum absolute atomic E-state index is 0.342. The summed E-state index contributed by atoms with van der Waals surface area (Å²) in [6, 6.07) is 6.12. The lowest BCUT2D eigenvalue weighted by atomic mass is 10.1. The van der Waals surface area contributed by atoms with Gasteiger partial charge in [-0.25, -0.2) is 0 Å². The van der Waals surface area contributed by atoms with Crippen molar-refractivity contribution in [3.8, 4) is 0 Å². The number of hydrogen-bond acceptors (Lipinski definition) is 3. The molecule has 0 saturated carbocycles. The Bertz CT molecular complexity index is 484. The van der Waals surface area contributed by atoms with Crippen LogP contribution in [0.25, 0.3) is 0 Å². The van der Waals surface area contributed by atoms with Crippen LogP contribution in [-0.4, -0.2) is 31.1 Å². The van der Waals surface area contributed by atoms with Crippen LogP contribution in [0.3, 0.4) is 0 Å². The van der Waals surface area contributed by atoms with Gasteiger partial charge in [-0.1, -0.05) is 11.6 Å². The number of anilines is 1. The highest BCUT2D eigenvalue weighted by Crippen LogP contribution is 2.29. The summed E-state index contributed by atoms with van der Waals surface area (Å²) >= 11 is 6.33. The zero-order chi connectivity index (χ0) is 14.7. The van der Waals surface area contributed by atoms with Gasteiger partial charge in [-0.05, 0) is 51.4 Å². The van der Waals surface area contributed by atoms with Crippen molar-refractivity contribution in [1.29, 1.82) is 0 Å². The van der Waals surface area contributed by atoms with Crippen LogP contribution in [-0.2, 0) is 0 Å². The summed E-state index contributed by atoms with van der Waals surface area (Å²) in [5.74, 6) is -0.452. The maximum Gasteiger partial charge on any atom is 0.248 e. The summed E-state index contributed by atoms with van der Waals surface area (Å²) in [6.07, 6.45) is 2.42. The molecule has 0 bridgehead atoms. The monoisotopic (exact) mass is 295 g/mol. The van der Waals surface area contributed by atoms with Gasteiger partial charge >= 0.3 is 0 Å². The third-order valence-corrected chi connectivity index (χ3v) is 4.05. The molecule has 20 heavy (non-hydrogen) atoms. The van der Waals surface area contributed by atoms with Gasteiger partial charge in [0.1, 0.15) is 0 Å². The Morgan fingerprint density at radius 1 is 1.55 bits per heavy atom. The Balaban J connectivity index is 2.22. The molecule has 4 nitrogen and oxygen atoms in total. The van der Waals surface area contributed by atoms with Crippen LogP contribution >= 0.6 is 11.6 Å². The highest BCUT2D eigenvalue weighted by molar-refractivity contribution is 6.33. The molecule has 1 amide bonds. The summed E-state index contributed by atoms with van der Waals surface area (Å²) in [7, 11) is 0. The Morgan fingerprint density at radius 3 is 2.80 bits per heavy atom. The van der Waals surface area contributed by atoms with E-state index in [1.54, 1.807) is 12.1 Å². The Labute approximate surface area is 125 Å². The summed E-state index contributed by atoms with van der Waals surface area (Å²) in [5, 5.41) is 4.08. The van der Waals surface area contributed by atoms with Crippen LogP contribution in [0.2, 0.25) is 5.02 Å². The molecule has 0 spiro atoms. The molecule has 1 atom stereocenters. The van der Waals surface area contributed by atoms with Crippen LogP contribution in [0, 0.1) is 0 Å². The van der Waals surface area contributed by atoms with Crippen LogP contribution < -0.4 is 16.0 Å². The van der Waals surface area contributed by atoms with E-state index in [9.17, 15) is 4.79 Å². The molecule has 3 N–H and O–H groups in total. The lowest BCUT2D eigenvalue weighted by Crippen LogP contribution is -2.41. The van der Waals surface area contributed by atoms with E-state index in [1.807, 2.05) is 6.07 Å². The largest absolute Gasteiger partial charge is 0.366 e. The maximum absolute atomic E-state index is 11.2. The second-order valence-corrected chi connectivity index (χ2v) is 5.98. The highest BCUT2D eigenvalue weighted by Gasteiger charge is 2.21. The van der Waals surface area contributed by atoms with E-state index in [0.29, 0.717) is 22.7 Å². The number of carbonyl (C=O) groups is 1. The zero-order valence-electron chi connectivity index (χ0n) is 12.0. The molecule has 1 heterocycles. The van der Waals surface area contributed by atoms with Crippen molar-refractivity contribution in [2.45, 2.75) is 38.8 Å². The molecule has 5 heteroatoms. The van der Waals surface area contributed by atoms with Gasteiger partial charge in [0.2, 0.25) is 5.91 Å². The molecule has 0 radical (unpaired) electrons. The lowest BCUT2D eigenvalue weighted by Gasteiger charge is -2.32. The Hall–Kier alpha value is -1.26. The Morgan fingerprint density at radius 2 is 2.30 bits per heavy atom. The normalized spacial score (nSPS) is 18.5. The third-order valence-electron chi connectivity index (χ3n) is 3.74. The van der Waals surface area contributed by atoms with Crippen molar-refractivity contribution in [3.05, 3.63) is 28.8 Å². The van der Waals surface area contributed by atoms with E-state index in [-0.39, 0.29) is 0 Å². The first kappa shape index (κ1) is 15.1. The quantitative estimate of drug-likeness (QED) is 0.877. The molecule has 1 unspecified atom stereocenters. The molecule has 1 aliphatic rings. The van der Waals surface area contributed by atoms with Crippen LogP contribution in [0.4, 0.5) is 5.69 Å². The Kier molecular flexibility index (Phi) is 4.89. The van der Waals surface area contributed by atoms with Crippen molar-refractivity contribution in [3.63, 3.8) is 0 Å². The fourth-order valence-corrected chi connectivity index (χ4v) is 2.92. The lowest BCUT2D eigenvalue weighted by molar-refractivity contribution is 0.100. The number of nitrogens with two attached hydrogens (primary N) is 1. The van der Waals surface area contributed by atoms with E-state index in [2.05, 4.69) is 24.1 Å². The van der Waals surface area contributed by atoms with Crippen molar-refractivity contribution in [2.75, 3.05) is 18.0 Å². The topological polar surface area (TPSA) is 58.4 Å². The molecular formula is C15H22ClN3O. The van der Waals surface area contributed by atoms with Gasteiger partial charge in [-0.3, -0.25) is 4.79 Å². The first-order valence-corrected chi connectivity index (χ1v) is 7.46. The minimum atomic E-state index is -0.452. The van der Waals surface area contributed by atoms with Gasteiger partial charge in [-0.15, -0.1) is 0 Å². The molecule has 1 saturated heterocycles. The summed E-state index contributed by atoms with van der Waals surface area (Å²) < 4.78 is 0. The third kappa shape index (κ3) is 3.44. The van der Waals surface area contributed by atoms with Crippen LogP contribution in [0.5, 0.6) is 0 Å². The van der Waals surface area contributed by atoms with Gasteiger partial charge < -0.3 is 16.0 Å². The maximum atomic E-state index is 11.2. The molecule has 110 valence electrons. The molecule has 1 aromatic rings. The fraction of sp³-hybridized carbons (Fsp3) is 0.533. The van der Waals surface area contributed by atoms with Gasteiger partial charge in [0.25, 0.3) is 0 Å². The number of halogens is 1. The van der Waals surface area contributed by atoms with Gasteiger partial charge in [0.05, 0.1) is 10.7 Å². The SMILES string of the molecule is CC(C)N(CC1CCCN1)c1ccc(C(N)=O)cc1Cl. The number of benzene rings is 1. The number of rotatable bonds is 5. The number of amides is 1. The van der Waals surface area contributed by atoms with Crippen molar-refractivity contribution in [1.82, 2.24) is 5.32 Å². The van der Waals surface area contributed by atoms with Crippen LogP contribution in [0.1, 0.15) is 37.0 Å². The number of hydrogen-bond donors (Lipinski definition) is 2. The zero-order valence-corrected chi connectivity index (χ0v) is 12.8. The summed E-state index contributed by atoms with van der Waals surface area (Å²) in [6.45, 7) is 6.30. The molecule has 1 aliphatic heterocycles. The average molecular weight is 296 g/mol. The van der Waals surface area contributed by atoms with Gasteiger partial charge in [0.15, 0.2) is 0 Å². The standard InChI is InChI=1S/C15H22ClN3O/c1-10(2)19(9-12-4-3-7-18-12)14-6-5-11(15(17)20)8-13(14)16/h5-6,8,10,12,18H,3-4,7,9H2,1-2H3,(H2,17,20). The molecule has 0 aromatic heterocycles. The molecule has 2 rings (SSSR count). The van der Waals surface area contributed by atoms with Crippen molar-refractivity contribution in [2.24, 2.45) is 5.73 Å². The smallest absolute Gasteiger partial charge is 0.248 e. The van der Waals surface area contributed by atoms with E-state index in [0.717, 1.165) is 18.8 Å². The molecule has 1 aromatic carbocycles. The number of carbonyl (C=O) groups excluding carboxylic acids is 1. The predicted octanol–water partition coefficient (Wildman–Crippen LogP) is 2.41. The van der Waals surface area contributed by atoms with E-state index in [1.165, 1.54) is 12.8 Å². The van der Waals surface area contributed by atoms with Crippen molar-refractivity contribution < 1.29 is 4.79 Å². The second-order valence-electron chi connectivity index (χ2n) is 5.57. The average Bonchev–Trinajstić information content (AvgIpc) is 2.89. The first-order valence-electron chi connectivity index (χ1n) is 7.08. The number of nitrogens with zero attached hydrogens (tertiary/aromatic N) is 1. The van der Waals surface area contributed by atoms with Gasteiger partial charge in [0, 0.05) is 24.2 Å². The summed E-state index contributed by atoms with van der Waals surface area (Å²) in [5.41, 5.74) is 6.68. The summed E-state index contributed by atoms with van der Waals surface area (Å²) in [4.78, 5) is 13.5. The molecular weight excluding hydrogens is 274 g/mol. The van der Waals surface area contributed by atoms with Crippen molar-refractivity contribution >= 4 is 23.2 Å². The van der Waals surface area contributed by atoms with E-state index >= 15 is 0 Å². The highest BCUT2D eigenvalue weighted by atomic mass is 35.5. The minimum Gasteiger partial charge on any atom is -0.366 e. The van der Waals surface area contributed by atoms with Gasteiger partial charge in [-0.2, -0.15) is 0 Å². The van der Waals surface area contributed by atoms with Crippen LogP contribution in [0.15, 0.2) is 18.2 Å². The molecule has 0 aliphatic carbocycles. The second kappa shape index (κ2) is 6.46. The van der Waals surface area contributed by atoms with E-state index < -0.39 is 5.91 Å². The number of nitrogens with one attached hydrogen (secondary N) is 1. The fourth-order valence-electron chi connectivity index (χ4n) is 2.63. The number of primary amides is 1. The molecule has 1 fully saturated rings. The predicted molar refractivity (Wildman–Crippen MR) is 83.5 cm³/mol.